The minimum atomic E-state index is -0.479. The molecule has 0 radical (unpaired) electrons. The molecule has 1 aliphatic heterocycles. The van der Waals surface area contributed by atoms with Crippen LogP contribution in [0.1, 0.15) is 19.4 Å². The summed E-state index contributed by atoms with van der Waals surface area (Å²) in [7, 11) is 0. The van der Waals surface area contributed by atoms with Gasteiger partial charge in [0.25, 0.3) is 0 Å². The molecule has 112 valence electrons. The van der Waals surface area contributed by atoms with Crippen molar-refractivity contribution >= 4 is 0 Å². The maximum Gasteiger partial charge on any atom is 0.119 e. The molecule has 4 nitrogen and oxygen atoms in total. The first kappa shape index (κ1) is 15.3. The van der Waals surface area contributed by atoms with E-state index in [2.05, 4.69) is 18.7 Å². The van der Waals surface area contributed by atoms with Crippen LogP contribution >= 0.6 is 0 Å². The fourth-order valence-corrected chi connectivity index (χ4v) is 2.68. The Morgan fingerprint density at radius 3 is 2.70 bits per heavy atom. The van der Waals surface area contributed by atoms with Crippen LogP contribution in [0.2, 0.25) is 0 Å². The molecular formula is C16H25NO3. The molecular weight excluding hydrogens is 254 g/mol. The summed E-state index contributed by atoms with van der Waals surface area (Å²) in [6.45, 7) is 8.85. The summed E-state index contributed by atoms with van der Waals surface area (Å²) < 4.78 is 11.3. The number of morpholine rings is 1. The van der Waals surface area contributed by atoms with Crippen LogP contribution in [0.5, 0.6) is 5.75 Å². The standard InChI is InChI=1S/C16H25NO3/c1-12-5-4-6-16(7-12)19-11-15(18)10-17-8-13(2)20-14(3)9-17/h4-7,13-15,18H,8-11H2,1-3H3/t13-,14+,15-/m0/s1. The highest BCUT2D eigenvalue weighted by Gasteiger charge is 2.23. The van der Waals surface area contributed by atoms with Gasteiger partial charge in [-0.1, -0.05) is 12.1 Å². The van der Waals surface area contributed by atoms with Crippen LogP contribution in [0.25, 0.3) is 0 Å². The number of aryl methyl sites for hydroxylation is 1. The highest BCUT2D eigenvalue weighted by Crippen LogP contribution is 2.14. The zero-order valence-electron chi connectivity index (χ0n) is 12.6. The van der Waals surface area contributed by atoms with Crippen LogP contribution in [0, 0.1) is 6.92 Å². The van der Waals surface area contributed by atoms with E-state index < -0.39 is 6.10 Å². The molecule has 3 atom stereocenters. The highest BCUT2D eigenvalue weighted by atomic mass is 16.5. The Balaban J connectivity index is 1.76. The molecule has 1 saturated heterocycles. The van der Waals surface area contributed by atoms with Crippen molar-refractivity contribution in [3.8, 4) is 5.75 Å². The molecule has 0 bridgehead atoms. The highest BCUT2D eigenvalue weighted by molar-refractivity contribution is 5.27. The third-order valence-corrected chi connectivity index (χ3v) is 3.40. The second-order valence-electron chi connectivity index (χ2n) is 5.76. The Bertz CT molecular complexity index is 414. The van der Waals surface area contributed by atoms with Crippen molar-refractivity contribution in [2.75, 3.05) is 26.2 Å². The van der Waals surface area contributed by atoms with Crippen LogP contribution in [0.3, 0.4) is 0 Å². The molecule has 0 saturated carbocycles. The van der Waals surface area contributed by atoms with E-state index in [0.717, 1.165) is 24.4 Å². The maximum absolute atomic E-state index is 10.1. The number of hydrogen-bond acceptors (Lipinski definition) is 4. The first-order valence-corrected chi connectivity index (χ1v) is 7.28. The number of ether oxygens (including phenoxy) is 2. The van der Waals surface area contributed by atoms with Crippen molar-refractivity contribution in [3.05, 3.63) is 29.8 Å². The fraction of sp³-hybridized carbons (Fsp3) is 0.625. The number of hydrogen-bond donors (Lipinski definition) is 1. The van der Waals surface area contributed by atoms with E-state index in [0.29, 0.717) is 13.2 Å². The van der Waals surface area contributed by atoms with Gasteiger partial charge >= 0.3 is 0 Å². The third-order valence-electron chi connectivity index (χ3n) is 3.40. The Kier molecular flexibility index (Phi) is 5.40. The number of nitrogens with zero attached hydrogens (tertiary/aromatic N) is 1. The van der Waals surface area contributed by atoms with Gasteiger partial charge in [0.2, 0.25) is 0 Å². The average Bonchev–Trinajstić information content (AvgIpc) is 2.35. The Morgan fingerprint density at radius 2 is 2.05 bits per heavy atom. The van der Waals surface area contributed by atoms with E-state index in [1.54, 1.807) is 0 Å². The quantitative estimate of drug-likeness (QED) is 0.893. The molecule has 1 aromatic carbocycles. The van der Waals surface area contributed by atoms with Gasteiger partial charge in [-0.25, -0.2) is 0 Å². The molecule has 0 amide bonds. The smallest absolute Gasteiger partial charge is 0.119 e. The van der Waals surface area contributed by atoms with Crippen LogP contribution in [-0.4, -0.2) is 54.6 Å². The number of β-amino-alcohol motifs (C(OH)–C–C–N with tert-alkyl or cyclic N) is 1. The molecule has 1 heterocycles. The van der Waals surface area contributed by atoms with E-state index in [9.17, 15) is 5.11 Å². The van der Waals surface area contributed by atoms with Crippen molar-refractivity contribution in [1.29, 1.82) is 0 Å². The van der Waals surface area contributed by atoms with E-state index in [1.807, 2.05) is 31.2 Å². The van der Waals surface area contributed by atoms with Gasteiger partial charge in [0, 0.05) is 19.6 Å². The maximum atomic E-state index is 10.1. The van der Waals surface area contributed by atoms with Gasteiger partial charge in [0.05, 0.1) is 12.2 Å². The summed E-state index contributed by atoms with van der Waals surface area (Å²) in [5, 5.41) is 10.1. The number of benzene rings is 1. The number of aliphatic hydroxyl groups excluding tert-OH is 1. The predicted molar refractivity (Wildman–Crippen MR) is 79.1 cm³/mol. The predicted octanol–water partition coefficient (Wildman–Crippen LogP) is 1.84. The SMILES string of the molecule is Cc1cccc(OC[C@@H](O)CN2C[C@@H](C)O[C@@H](C)C2)c1. The monoisotopic (exact) mass is 279 g/mol. The molecule has 2 rings (SSSR count). The second-order valence-corrected chi connectivity index (χ2v) is 5.76. The van der Waals surface area contributed by atoms with Crippen LogP contribution in [-0.2, 0) is 4.74 Å². The molecule has 1 fully saturated rings. The van der Waals surface area contributed by atoms with E-state index in [1.165, 1.54) is 0 Å². The summed E-state index contributed by atoms with van der Waals surface area (Å²) in [6, 6.07) is 7.88. The first-order chi connectivity index (χ1) is 9.52. The third kappa shape index (κ3) is 4.78. The lowest BCUT2D eigenvalue weighted by atomic mass is 10.2. The zero-order chi connectivity index (χ0) is 14.5. The van der Waals surface area contributed by atoms with Crippen LogP contribution in [0.4, 0.5) is 0 Å². The van der Waals surface area contributed by atoms with E-state index >= 15 is 0 Å². The molecule has 0 unspecified atom stereocenters. The Morgan fingerprint density at radius 1 is 1.35 bits per heavy atom. The molecule has 1 aliphatic rings. The summed E-state index contributed by atoms with van der Waals surface area (Å²) >= 11 is 0. The Labute approximate surface area is 121 Å². The summed E-state index contributed by atoms with van der Waals surface area (Å²) in [6.07, 6.45) is -0.0275. The summed E-state index contributed by atoms with van der Waals surface area (Å²) in [4.78, 5) is 2.24. The van der Waals surface area contributed by atoms with E-state index in [4.69, 9.17) is 9.47 Å². The molecule has 1 aromatic rings. The van der Waals surface area contributed by atoms with E-state index in [-0.39, 0.29) is 12.2 Å². The lowest BCUT2D eigenvalue weighted by Crippen LogP contribution is -2.48. The van der Waals surface area contributed by atoms with Crippen molar-refractivity contribution in [2.24, 2.45) is 0 Å². The van der Waals surface area contributed by atoms with Crippen LogP contribution < -0.4 is 4.74 Å². The van der Waals surface area contributed by atoms with Crippen LogP contribution in [0.15, 0.2) is 24.3 Å². The molecule has 0 aromatic heterocycles. The topological polar surface area (TPSA) is 41.9 Å². The molecule has 1 N–H and O–H groups in total. The summed E-state index contributed by atoms with van der Waals surface area (Å²) in [5.74, 6) is 0.813. The van der Waals surface area contributed by atoms with Crippen molar-refractivity contribution in [3.63, 3.8) is 0 Å². The number of aliphatic hydroxyl groups is 1. The number of rotatable bonds is 5. The van der Waals surface area contributed by atoms with Crippen molar-refractivity contribution in [1.82, 2.24) is 4.90 Å². The van der Waals surface area contributed by atoms with Gasteiger partial charge in [-0.05, 0) is 38.5 Å². The molecule has 0 spiro atoms. The van der Waals surface area contributed by atoms with Gasteiger partial charge < -0.3 is 14.6 Å². The fourth-order valence-electron chi connectivity index (χ4n) is 2.68. The first-order valence-electron chi connectivity index (χ1n) is 7.28. The lowest BCUT2D eigenvalue weighted by Gasteiger charge is -2.36. The summed E-state index contributed by atoms with van der Waals surface area (Å²) in [5.41, 5.74) is 1.16. The minimum Gasteiger partial charge on any atom is -0.491 e. The molecule has 0 aliphatic carbocycles. The van der Waals surface area contributed by atoms with Gasteiger partial charge in [-0.3, -0.25) is 4.90 Å². The lowest BCUT2D eigenvalue weighted by molar-refractivity contribution is -0.0786. The van der Waals surface area contributed by atoms with Gasteiger partial charge in [-0.15, -0.1) is 0 Å². The van der Waals surface area contributed by atoms with Gasteiger partial charge in [-0.2, -0.15) is 0 Å². The Hall–Kier alpha value is -1.10. The van der Waals surface area contributed by atoms with Crippen molar-refractivity contribution < 1.29 is 14.6 Å². The molecule has 20 heavy (non-hydrogen) atoms. The van der Waals surface area contributed by atoms with Gasteiger partial charge in [0.15, 0.2) is 0 Å². The molecule has 4 heteroatoms. The normalized spacial score (nSPS) is 25.4. The minimum absolute atomic E-state index is 0.226. The van der Waals surface area contributed by atoms with Gasteiger partial charge in [0.1, 0.15) is 18.5 Å². The van der Waals surface area contributed by atoms with Crippen molar-refractivity contribution in [2.45, 2.75) is 39.1 Å². The zero-order valence-corrected chi connectivity index (χ0v) is 12.6. The average molecular weight is 279 g/mol. The second kappa shape index (κ2) is 7.07. The largest absolute Gasteiger partial charge is 0.491 e.